The second-order valence-electron chi connectivity index (χ2n) is 5.41. The van der Waals surface area contributed by atoms with E-state index in [4.69, 9.17) is 15.4 Å². The van der Waals surface area contributed by atoms with Gasteiger partial charge in [0.05, 0.1) is 29.6 Å². The van der Waals surface area contributed by atoms with Crippen LogP contribution in [0, 0.1) is 17.2 Å². The summed E-state index contributed by atoms with van der Waals surface area (Å²) in [4.78, 5) is 4.77. The number of aliphatic imine (C=N–C) groups is 1. The number of fused-ring (bicyclic) bond motifs is 1. The Bertz CT molecular complexity index is 739. The molecule has 3 heteroatoms. The molecule has 0 amide bonds. The summed E-state index contributed by atoms with van der Waals surface area (Å²) in [5.74, 6) is 0.311. The average Bonchev–Trinajstić information content (AvgIpc) is 2.53. The number of hydrogen-bond donors (Lipinski definition) is 1. The van der Waals surface area contributed by atoms with Crippen LogP contribution in [0.1, 0.15) is 29.2 Å². The Balaban J connectivity index is 2.01. The summed E-state index contributed by atoms with van der Waals surface area (Å²) >= 11 is 0. The van der Waals surface area contributed by atoms with E-state index in [1.807, 2.05) is 42.5 Å². The van der Waals surface area contributed by atoms with Crippen LogP contribution in [0.3, 0.4) is 0 Å². The number of benzene rings is 2. The van der Waals surface area contributed by atoms with Crippen LogP contribution in [0.5, 0.6) is 0 Å². The van der Waals surface area contributed by atoms with Crippen molar-refractivity contribution in [3.05, 3.63) is 64.7 Å². The molecule has 0 spiro atoms. The van der Waals surface area contributed by atoms with Crippen molar-refractivity contribution in [2.45, 2.75) is 20.0 Å². The second kappa shape index (κ2) is 5.51. The number of nitriles is 1. The van der Waals surface area contributed by atoms with E-state index in [1.54, 1.807) is 0 Å². The van der Waals surface area contributed by atoms with Crippen molar-refractivity contribution in [2.75, 3.05) is 0 Å². The minimum atomic E-state index is 0.0576. The van der Waals surface area contributed by atoms with Gasteiger partial charge in [0.2, 0.25) is 0 Å². The van der Waals surface area contributed by atoms with Gasteiger partial charge < -0.3 is 5.11 Å². The predicted molar refractivity (Wildman–Crippen MR) is 82.6 cm³/mol. The van der Waals surface area contributed by atoms with Gasteiger partial charge in [-0.25, -0.2) is 0 Å². The summed E-state index contributed by atoms with van der Waals surface area (Å²) in [5, 5.41) is 18.1. The summed E-state index contributed by atoms with van der Waals surface area (Å²) in [7, 11) is 0. The van der Waals surface area contributed by atoms with E-state index in [9.17, 15) is 0 Å². The van der Waals surface area contributed by atoms with Crippen molar-refractivity contribution >= 4 is 11.4 Å². The number of aliphatic hydroxyl groups excluding tert-OH is 1. The molecule has 0 saturated heterocycles. The van der Waals surface area contributed by atoms with E-state index >= 15 is 0 Å². The van der Waals surface area contributed by atoms with Gasteiger partial charge in [-0.15, -0.1) is 0 Å². The fourth-order valence-electron chi connectivity index (χ4n) is 2.72. The molecule has 0 aromatic heterocycles. The topological polar surface area (TPSA) is 56.4 Å². The molecule has 21 heavy (non-hydrogen) atoms. The fourth-order valence-corrected chi connectivity index (χ4v) is 2.72. The van der Waals surface area contributed by atoms with Crippen molar-refractivity contribution < 1.29 is 5.11 Å². The highest BCUT2D eigenvalue weighted by molar-refractivity contribution is 6.04. The van der Waals surface area contributed by atoms with E-state index in [0.717, 1.165) is 34.5 Å². The zero-order valence-electron chi connectivity index (χ0n) is 11.9. The van der Waals surface area contributed by atoms with Gasteiger partial charge in [-0.2, -0.15) is 5.26 Å². The minimum Gasteiger partial charge on any atom is -0.392 e. The Hall–Kier alpha value is -2.44. The first-order valence-electron chi connectivity index (χ1n) is 7.03. The monoisotopic (exact) mass is 276 g/mol. The summed E-state index contributed by atoms with van der Waals surface area (Å²) in [6.07, 6.45) is 0.894. The molecule has 0 saturated carbocycles. The SMILES string of the molecule is CC1Cc2cc(C#N)ccc2N=C1c1ccc(CO)cc1. The van der Waals surface area contributed by atoms with Crippen molar-refractivity contribution in [1.29, 1.82) is 5.26 Å². The van der Waals surface area contributed by atoms with Crippen LogP contribution in [-0.2, 0) is 13.0 Å². The number of aliphatic hydroxyl groups is 1. The molecule has 3 rings (SSSR count). The van der Waals surface area contributed by atoms with Gasteiger partial charge in [-0.3, -0.25) is 4.99 Å². The lowest BCUT2D eigenvalue weighted by Crippen LogP contribution is -2.18. The molecule has 104 valence electrons. The smallest absolute Gasteiger partial charge is 0.0991 e. The maximum absolute atomic E-state index is 9.11. The lowest BCUT2D eigenvalue weighted by Gasteiger charge is -2.22. The lowest BCUT2D eigenvalue weighted by atomic mass is 9.88. The summed E-state index contributed by atoms with van der Waals surface area (Å²) in [6.45, 7) is 2.21. The first kappa shape index (κ1) is 13.5. The zero-order chi connectivity index (χ0) is 14.8. The second-order valence-corrected chi connectivity index (χ2v) is 5.41. The highest BCUT2D eigenvalue weighted by atomic mass is 16.3. The average molecular weight is 276 g/mol. The van der Waals surface area contributed by atoms with Gasteiger partial charge in [0, 0.05) is 5.92 Å². The van der Waals surface area contributed by atoms with Gasteiger partial charge in [-0.05, 0) is 41.3 Å². The van der Waals surface area contributed by atoms with Gasteiger partial charge >= 0.3 is 0 Å². The molecule has 1 N–H and O–H groups in total. The molecule has 1 heterocycles. The highest BCUT2D eigenvalue weighted by Gasteiger charge is 2.21. The quantitative estimate of drug-likeness (QED) is 0.914. The van der Waals surface area contributed by atoms with Crippen LogP contribution in [-0.4, -0.2) is 10.8 Å². The molecule has 1 aliphatic rings. The number of nitrogens with zero attached hydrogens (tertiary/aromatic N) is 2. The van der Waals surface area contributed by atoms with Crippen LogP contribution in [0.25, 0.3) is 0 Å². The van der Waals surface area contributed by atoms with Crippen LogP contribution in [0.4, 0.5) is 5.69 Å². The Morgan fingerprint density at radius 3 is 2.67 bits per heavy atom. The summed E-state index contributed by atoms with van der Waals surface area (Å²) in [6, 6.07) is 15.7. The van der Waals surface area contributed by atoms with Crippen molar-refractivity contribution in [2.24, 2.45) is 10.9 Å². The van der Waals surface area contributed by atoms with Gasteiger partial charge in [-0.1, -0.05) is 31.2 Å². The van der Waals surface area contributed by atoms with Crippen LogP contribution >= 0.6 is 0 Å². The molecule has 0 radical (unpaired) electrons. The van der Waals surface area contributed by atoms with Crippen LogP contribution in [0.2, 0.25) is 0 Å². The normalized spacial score (nSPS) is 16.8. The summed E-state index contributed by atoms with van der Waals surface area (Å²) in [5.41, 5.74) is 5.84. The molecular weight excluding hydrogens is 260 g/mol. The maximum Gasteiger partial charge on any atom is 0.0991 e. The van der Waals surface area contributed by atoms with E-state index in [-0.39, 0.29) is 6.61 Å². The van der Waals surface area contributed by atoms with E-state index in [2.05, 4.69) is 13.0 Å². The third kappa shape index (κ3) is 2.58. The summed E-state index contributed by atoms with van der Waals surface area (Å²) < 4.78 is 0. The van der Waals surface area contributed by atoms with Gasteiger partial charge in [0.15, 0.2) is 0 Å². The molecule has 1 unspecified atom stereocenters. The molecule has 1 aliphatic heterocycles. The van der Waals surface area contributed by atoms with Gasteiger partial charge in [0.25, 0.3) is 0 Å². The molecule has 3 nitrogen and oxygen atoms in total. The molecule has 0 fully saturated rings. The fraction of sp³-hybridized carbons (Fsp3) is 0.222. The molecule has 1 atom stereocenters. The van der Waals surface area contributed by atoms with Crippen molar-refractivity contribution in [3.8, 4) is 6.07 Å². The van der Waals surface area contributed by atoms with E-state index in [0.29, 0.717) is 11.5 Å². The van der Waals surface area contributed by atoms with Crippen LogP contribution in [0.15, 0.2) is 47.5 Å². The molecule has 0 bridgehead atoms. The first-order valence-corrected chi connectivity index (χ1v) is 7.03. The predicted octanol–water partition coefficient (Wildman–Crippen LogP) is 3.36. The largest absolute Gasteiger partial charge is 0.392 e. The Morgan fingerprint density at radius 1 is 1.24 bits per heavy atom. The van der Waals surface area contributed by atoms with E-state index in [1.165, 1.54) is 0 Å². The van der Waals surface area contributed by atoms with Crippen molar-refractivity contribution in [3.63, 3.8) is 0 Å². The molecule has 2 aromatic rings. The zero-order valence-corrected chi connectivity index (χ0v) is 11.9. The molecule has 2 aromatic carbocycles. The third-order valence-electron chi connectivity index (χ3n) is 3.87. The van der Waals surface area contributed by atoms with Crippen LogP contribution < -0.4 is 0 Å². The lowest BCUT2D eigenvalue weighted by molar-refractivity contribution is 0.282. The van der Waals surface area contributed by atoms with Gasteiger partial charge in [0.1, 0.15) is 0 Å². The minimum absolute atomic E-state index is 0.0576. The Labute approximate surface area is 124 Å². The maximum atomic E-state index is 9.11. The Kier molecular flexibility index (Phi) is 3.55. The first-order chi connectivity index (χ1) is 10.2. The molecular formula is C18H16N2O. The Morgan fingerprint density at radius 2 is 2.00 bits per heavy atom. The third-order valence-corrected chi connectivity index (χ3v) is 3.87. The number of hydrogen-bond acceptors (Lipinski definition) is 3. The number of rotatable bonds is 2. The molecule has 0 aliphatic carbocycles. The highest BCUT2D eigenvalue weighted by Crippen LogP contribution is 2.31. The van der Waals surface area contributed by atoms with E-state index < -0.39 is 0 Å². The van der Waals surface area contributed by atoms with Crippen molar-refractivity contribution in [1.82, 2.24) is 0 Å². The standard InChI is InChI=1S/C18H16N2O/c1-12-8-16-9-14(10-19)4-7-17(16)20-18(12)15-5-2-13(11-21)3-6-15/h2-7,9,12,21H,8,11H2,1H3.